The van der Waals surface area contributed by atoms with Gasteiger partial charge < -0.3 is 4.74 Å². The molecule has 0 radical (unpaired) electrons. The Morgan fingerprint density at radius 2 is 2.18 bits per heavy atom. The second-order valence-electron chi connectivity index (χ2n) is 4.88. The lowest BCUT2D eigenvalue weighted by Crippen LogP contribution is -2.36. The smallest absolute Gasteiger partial charge is 0.247 e. The maximum atomic E-state index is 13.5. The number of methoxy groups -OCH3 is 1. The van der Waals surface area contributed by atoms with Crippen LogP contribution in [0.5, 0.6) is 5.75 Å². The van der Waals surface area contributed by atoms with Gasteiger partial charge in [-0.1, -0.05) is 0 Å². The van der Waals surface area contributed by atoms with Crippen LogP contribution in [0.1, 0.15) is 11.3 Å². The summed E-state index contributed by atoms with van der Waals surface area (Å²) in [6.45, 7) is 0.449. The molecule has 0 amide bonds. The van der Waals surface area contributed by atoms with Crippen molar-refractivity contribution in [3.63, 3.8) is 0 Å². The molecule has 1 aromatic carbocycles. The first-order chi connectivity index (χ1) is 10.5. The lowest BCUT2D eigenvalue weighted by Gasteiger charge is -2.27. The minimum Gasteiger partial charge on any atom is -0.495 e. The zero-order valence-corrected chi connectivity index (χ0v) is 12.7. The first-order valence-electron chi connectivity index (χ1n) is 6.64. The Labute approximate surface area is 127 Å². The van der Waals surface area contributed by atoms with E-state index in [1.165, 1.54) is 23.8 Å². The zero-order chi connectivity index (χ0) is 15.7. The molecule has 0 spiro atoms. The Kier molecular flexibility index (Phi) is 3.79. The fourth-order valence-corrected chi connectivity index (χ4v) is 4.02. The molecule has 0 atom stereocenters. The van der Waals surface area contributed by atoms with Crippen LogP contribution in [0.2, 0.25) is 0 Å². The van der Waals surface area contributed by atoms with Crippen molar-refractivity contribution in [2.75, 3.05) is 13.7 Å². The van der Waals surface area contributed by atoms with Crippen LogP contribution >= 0.6 is 0 Å². The Bertz CT molecular complexity index is 811. The van der Waals surface area contributed by atoms with Gasteiger partial charge in [0, 0.05) is 37.0 Å². The number of hydrogen-bond acceptors (Lipinski definition) is 5. The minimum atomic E-state index is -3.86. The lowest BCUT2D eigenvalue weighted by atomic mass is 10.1. The highest BCUT2D eigenvalue weighted by atomic mass is 32.2. The third-order valence-electron chi connectivity index (χ3n) is 3.57. The van der Waals surface area contributed by atoms with Crippen LogP contribution in [-0.2, 0) is 23.0 Å². The molecule has 2 aromatic rings. The highest BCUT2D eigenvalue weighted by Crippen LogP contribution is 2.30. The largest absolute Gasteiger partial charge is 0.495 e. The molecule has 22 heavy (non-hydrogen) atoms. The fourth-order valence-electron chi connectivity index (χ4n) is 2.44. The van der Waals surface area contributed by atoms with Gasteiger partial charge in [0.2, 0.25) is 10.0 Å². The molecule has 2 heterocycles. The van der Waals surface area contributed by atoms with E-state index in [0.29, 0.717) is 6.42 Å². The van der Waals surface area contributed by atoms with Gasteiger partial charge in [0.25, 0.3) is 0 Å². The van der Waals surface area contributed by atoms with Gasteiger partial charge in [-0.2, -0.15) is 4.31 Å². The minimum absolute atomic E-state index is 0.122. The summed E-state index contributed by atoms with van der Waals surface area (Å²) in [5.41, 5.74) is 1.60. The average molecular weight is 323 g/mol. The molecule has 1 aliphatic rings. The molecular formula is C14H14FN3O3S. The third kappa shape index (κ3) is 2.55. The number of ether oxygens (including phenoxy) is 1. The fraction of sp³-hybridized carbons (Fsp3) is 0.286. The van der Waals surface area contributed by atoms with Crippen molar-refractivity contribution >= 4 is 10.0 Å². The van der Waals surface area contributed by atoms with Crippen LogP contribution in [0.3, 0.4) is 0 Å². The van der Waals surface area contributed by atoms with Crippen molar-refractivity contribution in [2.24, 2.45) is 0 Å². The molecule has 1 aliphatic heterocycles. The molecule has 0 unspecified atom stereocenters. The number of aromatic nitrogens is 2. The van der Waals surface area contributed by atoms with Crippen LogP contribution in [0.15, 0.2) is 35.6 Å². The zero-order valence-electron chi connectivity index (χ0n) is 11.9. The molecule has 1 aromatic heterocycles. The molecule has 0 N–H and O–H groups in total. The number of hydrogen-bond donors (Lipinski definition) is 0. The summed E-state index contributed by atoms with van der Waals surface area (Å²) in [7, 11) is -2.50. The number of halogens is 1. The third-order valence-corrected chi connectivity index (χ3v) is 5.44. The highest BCUT2D eigenvalue weighted by Gasteiger charge is 2.31. The van der Waals surface area contributed by atoms with Gasteiger partial charge in [0.05, 0.1) is 7.11 Å². The van der Waals surface area contributed by atoms with Crippen molar-refractivity contribution in [1.82, 2.24) is 14.3 Å². The summed E-state index contributed by atoms with van der Waals surface area (Å²) in [5.74, 6) is -0.503. The van der Waals surface area contributed by atoms with Gasteiger partial charge in [0.15, 0.2) is 0 Å². The van der Waals surface area contributed by atoms with E-state index in [1.807, 2.05) is 0 Å². The predicted molar refractivity (Wildman–Crippen MR) is 76.3 cm³/mol. The molecular weight excluding hydrogens is 309 g/mol. The summed E-state index contributed by atoms with van der Waals surface area (Å²) in [5, 5.41) is 0. The van der Waals surface area contributed by atoms with Gasteiger partial charge in [0.1, 0.15) is 22.8 Å². The number of fused-ring (bicyclic) bond motifs is 1. The Hall–Kier alpha value is -2.06. The van der Waals surface area contributed by atoms with Crippen molar-refractivity contribution in [2.45, 2.75) is 17.9 Å². The molecule has 8 heteroatoms. The van der Waals surface area contributed by atoms with E-state index < -0.39 is 15.8 Å². The monoisotopic (exact) mass is 323 g/mol. The topological polar surface area (TPSA) is 72.4 Å². The van der Waals surface area contributed by atoms with Crippen molar-refractivity contribution in [3.05, 3.63) is 47.8 Å². The summed E-state index contributed by atoms with van der Waals surface area (Å²) in [6.07, 6.45) is 3.54. The van der Waals surface area contributed by atoms with E-state index in [9.17, 15) is 12.8 Å². The Morgan fingerprint density at radius 1 is 1.36 bits per heavy atom. The van der Waals surface area contributed by atoms with Crippen LogP contribution in [0.25, 0.3) is 0 Å². The second kappa shape index (κ2) is 5.62. The quantitative estimate of drug-likeness (QED) is 0.853. The van der Waals surface area contributed by atoms with E-state index in [1.54, 1.807) is 6.20 Å². The van der Waals surface area contributed by atoms with Gasteiger partial charge >= 0.3 is 0 Å². The van der Waals surface area contributed by atoms with Crippen LogP contribution in [0, 0.1) is 5.82 Å². The van der Waals surface area contributed by atoms with E-state index in [-0.39, 0.29) is 23.7 Å². The molecule has 3 rings (SSSR count). The number of benzene rings is 1. The normalized spacial score (nSPS) is 15.4. The van der Waals surface area contributed by atoms with Crippen molar-refractivity contribution < 1.29 is 17.5 Å². The standard InChI is InChI=1S/C14H14FN3O3S/c1-21-13-3-2-11(15)6-14(13)22(19,20)18-5-4-12-10(8-18)7-16-9-17-12/h2-3,6-7,9H,4-5,8H2,1H3. The van der Waals surface area contributed by atoms with E-state index >= 15 is 0 Å². The van der Waals surface area contributed by atoms with E-state index in [0.717, 1.165) is 23.4 Å². The summed E-state index contributed by atoms with van der Waals surface area (Å²) < 4.78 is 45.3. The predicted octanol–water partition coefficient (Wildman–Crippen LogP) is 1.37. The average Bonchev–Trinajstić information content (AvgIpc) is 2.54. The molecule has 0 fully saturated rings. The van der Waals surface area contributed by atoms with E-state index in [2.05, 4.69) is 9.97 Å². The Morgan fingerprint density at radius 3 is 2.95 bits per heavy atom. The van der Waals surface area contributed by atoms with Gasteiger partial charge in [-0.05, 0) is 18.2 Å². The van der Waals surface area contributed by atoms with Gasteiger partial charge in [-0.3, -0.25) is 0 Å². The summed E-state index contributed by atoms with van der Waals surface area (Å²) >= 11 is 0. The molecule has 0 saturated carbocycles. The van der Waals surface area contributed by atoms with Crippen molar-refractivity contribution in [1.29, 1.82) is 0 Å². The molecule has 0 aliphatic carbocycles. The first-order valence-corrected chi connectivity index (χ1v) is 8.08. The second-order valence-corrected chi connectivity index (χ2v) is 6.78. The summed E-state index contributed by atoms with van der Waals surface area (Å²) in [4.78, 5) is 7.89. The molecule has 116 valence electrons. The van der Waals surface area contributed by atoms with Crippen LogP contribution in [-0.4, -0.2) is 36.3 Å². The SMILES string of the molecule is COc1ccc(F)cc1S(=O)(=O)N1CCc2ncncc2C1. The Balaban J connectivity index is 2.00. The maximum absolute atomic E-state index is 13.5. The first kappa shape index (κ1) is 14.9. The van der Waals surface area contributed by atoms with Gasteiger partial charge in [-0.15, -0.1) is 0 Å². The highest BCUT2D eigenvalue weighted by molar-refractivity contribution is 7.89. The lowest BCUT2D eigenvalue weighted by molar-refractivity contribution is 0.374. The summed E-state index contributed by atoms with van der Waals surface area (Å²) in [6, 6.07) is 3.45. The number of sulfonamides is 1. The molecule has 0 bridgehead atoms. The van der Waals surface area contributed by atoms with Crippen LogP contribution in [0.4, 0.5) is 4.39 Å². The van der Waals surface area contributed by atoms with E-state index in [4.69, 9.17) is 4.74 Å². The van der Waals surface area contributed by atoms with Crippen LogP contribution < -0.4 is 4.74 Å². The van der Waals surface area contributed by atoms with Gasteiger partial charge in [-0.25, -0.2) is 22.8 Å². The molecule has 0 saturated heterocycles. The number of rotatable bonds is 3. The maximum Gasteiger partial charge on any atom is 0.247 e. The number of nitrogens with zero attached hydrogens (tertiary/aromatic N) is 3. The van der Waals surface area contributed by atoms with Crippen molar-refractivity contribution in [3.8, 4) is 5.75 Å². The molecule has 6 nitrogen and oxygen atoms in total.